The summed E-state index contributed by atoms with van der Waals surface area (Å²) in [6.45, 7) is 2.12. The number of H-pyrrole nitrogens is 1. The lowest BCUT2D eigenvalue weighted by atomic mass is 10.1. The number of hydrogen-bond donors (Lipinski definition) is 3. The summed E-state index contributed by atoms with van der Waals surface area (Å²) in [6, 6.07) is 1.48. The van der Waals surface area contributed by atoms with Crippen LogP contribution in [0.5, 0.6) is 0 Å². The summed E-state index contributed by atoms with van der Waals surface area (Å²) in [5, 5.41) is 15.8. The minimum atomic E-state index is -3.55. The summed E-state index contributed by atoms with van der Waals surface area (Å²) >= 11 is 4.44. The molecule has 0 unspecified atom stereocenters. The highest BCUT2D eigenvalue weighted by molar-refractivity contribution is 9.11. The molecule has 0 fully saturated rings. The highest BCUT2D eigenvalue weighted by atomic mass is 79.9. The van der Waals surface area contributed by atoms with Gasteiger partial charge in [0.1, 0.15) is 4.90 Å². The first kappa shape index (κ1) is 16.6. The van der Waals surface area contributed by atoms with Crippen LogP contribution in [0.4, 0.5) is 0 Å². The van der Waals surface area contributed by atoms with Crippen LogP contribution in [0.25, 0.3) is 0 Å². The Morgan fingerprint density at radius 1 is 1.52 bits per heavy atom. The van der Waals surface area contributed by atoms with Gasteiger partial charge in [-0.3, -0.25) is 5.10 Å². The van der Waals surface area contributed by atoms with E-state index in [9.17, 15) is 8.42 Å². The van der Waals surface area contributed by atoms with E-state index >= 15 is 0 Å². The second-order valence-corrected chi connectivity index (χ2v) is 8.72. The number of nitrogens with one attached hydrogen (secondary N) is 2. The van der Waals surface area contributed by atoms with Crippen LogP contribution < -0.4 is 4.72 Å². The molecule has 2 aromatic heterocycles. The molecule has 116 valence electrons. The zero-order valence-corrected chi connectivity index (χ0v) is 14.6. The van der Waals surface area contributed by atoms with Crippen molar-refractivity contribution < 1.29 is 13.5 Å². The molecule has 9 heteroatoms. The van der Waals surface area contributed by atoms with Crippen molar-refractivity contribution in [3.63, 3.8) is 0 Å². The first-order valence-electron chi connectivity index (χ1n) is 6.31. The van der Waals surface area contributed by atoms with Crippen molar-refractivity contribution in [2.75, 3.05) is 6.54 Å². The van der Waals surface area contributed by atoms with Crippen LogP contribution in [-0.2, 0) is 23.1 Å². The molecule has 2 aromatic rings. The number of rotatable bonds is 7. The lowest BCUT2D eigenvalue weighted by Gasteiger charge is -2.05. The van der Waals surface area contributed by atoms with E-state index < -0.39 is 10.0 Å². The Hall–Kier alpha value is -0.740. The number of halogens is 1. The number of aromatic amines is 1. The fourth-order valence-electron chi connectivity index (χ4n) is 1.85. The third-order valence-corrected chi connectivity index (χ3v) is 6.70. The summed E-state index contributed by atoms with van der Waals surface area (Å²) in [5.74, 6) is 0. The second kappa shape index (κ2) is 7.01. The van der Waals surface area contributed by atoms with E-state index in [0.29, 0.717) is 21.6 Å². The fourth-order valence-corrected chi connectivity index (χ4v) is 5.46. The number of sulfonamides is 1. The van der Waals surface area contributed by atoms with Crippen LogP contribution >= 0.6 is 27.3 Å². The summed E-state index contributed by atoms with van der Waals surface area (Å²) in [5.41, 5.74) is 2.10. The van der Waals surface area contributed by atoms with Gasteiger partial charge in [-0.25, -0.2) is 13.1 Å². The molecule has 3 N–H and O–H groups in total. The molecule has 0 atom stereocenters. The van der Waals surface area contributed by atoms with Crippen molar-refractivity contribution in [1.29, 1.82) is 0 Å². The molecule has 0 aliphatic rings. The van der Waals surface area contributed by atoms with Gasteiger partial charge < -0.3 is 5.11 Å². The van der Waals surface area contributed by atoms with Crippen LogP contribution in [0.3, 0.4) is 0 Å². The molecule has 0 aromatic carbocycles. The topological polar surface area (TPSA) is 95.1 Å². The van der Waals surface area contributed by atoms with Crippen molar-refractivity contribution in [2.45, 2.75) is 31.3 Å². The van der Waals surface area contributed by atoms with Crippen molar-refractivity contribution in [3.8, 4) is 0 Å². The standard InChI is InChI=1S/C12H16BrN3O3S2/c1-8-9(6-14-16-8)3-2-4-15-21(18,19)11-5-10(7-17)20-12(11)13/h5-6,15,17H,2-4,7H2,1H3,(H,14,16). The average Bonchev–Trinajstić information content (AvgIpc) is 3.01. The largest absolute Gasteiger partial charge is 0.391 e. The number of hydrogen-bond acceptors (Lipinski definition) is 5. The highest BCUT2D eigenvalue weighted by Gasteiger charge is 2.20. The third kappa shape index (κ3) is 4.13. The van der Waals surface area contributed by atoms with Crippen LogP contribution in [0, 0.1) is 6.92 Å². The lowest BCUT2D eigenvalue weighted by Crippen LogP contribution is -2.25. The number of aryl methyl sites for hydroxylation is 2. The predicted molar refractivity (Wildman–Crippen MR) is 84.8 cm³/mol. The minimum Gasteiger partial charge on any atom is -0.391 e. The highest BCUT2D eigenvalue weighted by Crippen LogP contribution is 2.31. The zero-order valence-electron chi connectivity index (χ0n) is 11.4. The van der Waals surface area contributed by atoms with Crippen molar-refractivity contribution in [1.82, 2.24) is 14.9 Å². The van der Waals surface area contributed by atoms with Crippen LogP contribution in [0.2, 0.25) is 0 Å². The van der Waals surface area contributed by atoms with Gasteiger partial charge >= 0.3 is 0 Å². The van der Waals surface area contributed by atoms with Gasteiger partial charge in [-0.2, -0.15) is 5.10 Å². The fraction of sp³-hybridized carbons (Fsp3) is 0.417. The average molecular weight is 394 g/mol. The molecule has 0 saturated carbocycles. The van der Waals surface area contributed by atoms with E-state index in [1.165, 1.54) is 17.4 Å². The molecule has 2 heterocycles. The van der Waals surface area contributed by atoms with Gasteiger partial charge in [-0.1, -0.05) is 0 Å². The molecule has 21 heavy (non-hydrogen) atoms. The predicted octanol–water partition coefficient (Wildman–Crippen LogP) is 1.95. The maximum atomic E-state index is 12.2. The van der Waals surface area contributed by atoms with Crippen LogP contribution in [0.15, 0.2) is 20.9 Å². The molecule has 0 aliphatic carbocycles. The van der Waals surface area contributed by atoms with Crippen molar-refractivity contribution >= 4 is 37.3 Å². The summed E-state index contributed by atoms with van der Waals surface area (Å²) in [7, 11) is -3.55. The van der Waals surface area contributed by atoms with Gasteiger partial charge in [0.15, 0.2) is 0 Å². The van der Waals surface area contributed by atoms with Crippen molar-refractivity contribution in [3.05, 3.63) is 32.2 Å². The summed E-state index contributed by atoms with van der Waals surface area (Å²) < 4.78 is 27.4. The molecule has 2 rings (SSSR count). The van der Waals surface area contributed by atoms with E-state index in [-0.39, 0.29) is 11.5 Å². The Bertz CT molecular complexity index is 709. The van der Waals surface area contributed by atoms with E-state index in [1.54, 1.807) is 6.20 Å². The van der Waals surface area contributed by atoms with Gasteiger partial charge in [0.25, 0.3) is 0 Å². The molecule has 0 spiro atoms. The third-order valence-electron chi connectivity index (χ3n) is 3.00. The summed E-state index contributed by atoms with van der Waals surface area (Å²) in [6.07, 6.45) is 3.21. The molecular formula is C12H16BrN3O3S2. The normalized spacial score (nSPS) is 12.0. The number of aromatic nitrogens is 2. The maximum absolute atomic E-state index is 12.2. The van der Waals surface area contributed by atoms with Crippen LogP contribution in [0.1, 0.15) is 22.6 Å². The quantitative estimate of drug-likeness (QED) is 0.626. The van der Waals surface area contributed by atoms with Gasteiger partial charge in [0.2, 0.25) is 10.0 Å². The molecular weight excluding hydrogens is 378 g/mol. The Balaban J connectivity index is 1.92. The van der Waals surface area contributed by atoms with E-state index in [1.807, 2.05) is 6.92 Å². The first-order chi connectivity index (χ1) is 9.94. The summed E-state index contributed by atoms with van der Waals surface area (Å²) in [4.78, 5) is 0.785. The number of nitrogens with zero attached hydrogens (tertiary/aromatic N) is 1. The lowest BCUT2D eigenvalue weighted by molar-refractivity contribution is 0.285. The van der Waals surface area contributed by atoms with Gasteiger partial charge in [0, 0.05) is 17.1 Å². The van der Waals surface area contributed by atoms with Crippen LogP contribution in [-0.4, -0.2) is 30.3 Å². The van der Waals surface area contributed by atoms with E-state index in [2.05, 4.69) is 30.8 Å². The monoisotopic (exact) mass is 393 g/mol. The Morgan fingerprint density at radius 3 is 2.86 bits per heavy atom. The minimum absolute atomic E-state index is 0.168. The maximum Gasteiger partial charge on any atom is 0.242 e. The smallest absolute Gasteiger partial charge is 0.242 e. The van der Waals surface area contributed by atoms with Gasteiger partial charge in [0.05, 0.1) is 16.6 Å². The first-order valence-corrected chi connectivity index (χ1v) is 9.41. The molecule has 0 bridgehead atoms. The molecule has 0 aliphatic heterocycles. The zero-order chi connectivity index (χ0) is 15.5. The molecule has 6 nitrogen and oxygen atoms in total. The van der Waals surface area contributed by atoms with E-state index in [4.69, 9.17) is 5.11 Å². The van der Waals surface area contributed by atoms with Gasteiger partial charge in [-0.15, -0.1) is 11.3 Å². The van der Waals surface area contributed by atoms with Crippen molar-refractivity contribution in [2.24, 2.45) is 0 Å². The Kier molecular flexibility index (Phi) is 5.55. The number of thiophene rings is 1. The molecule has 0 radical (unpaired) electrons. The second-order valence-electron chi connectivity index (χ2n) is 4.53. The molecule has 0 amide bonds. The van der Waals surface area contributed by atoms with E-state index in [0.717, 1.165) is 17.7 Å². The SMILES string of the molecule is Cc1[nH]ncc1CCCNS(=O)(=O)c1cc(CO)sc1Br. The number of aliphatic hydroxyl groups excluding tert-OH is 1. The molecule has 0 saturated heterocycles. The number of aliphatic hydroxyl groups is 1. The van der Waals surface area contributed by atoms with Gasteiger partial charge in [-0.05, 0) is 47.3 Å². The Labute approximate surface area is 135 Å². The Morgan fingerprint density at radius 2 is 2.29 bits per heavy atom.